The van der Waals surface area contributed by atoms with Crippen molar-refractivity contribution in [1.29, 1.82) is 0 Å². The Morgan fingerprint density at radius 1 is 1.37 bits per heavy atom. The molecule has 6 nitrogen and oxygen atoms in total. The third-order valence-corrected chi connectivity index (χ3v) is 2.59. The molecule has 0 fully saturated rings. The van der Waals surface area contributed by atoms with E-state index in [2.05, 4.69) is 10.3 Å². The van der Waals surface area contributed by atoms with Gasteiger partial charge in [-0.2, -0.15) is 0 Å². The van der Waals surface area contributed by atoms with Crippen LogP contribution in [0.5, 0.6) is 5.88 Å². The minimum absolute atomic E-state index is 0.420. The number of carbonyl (C=O) groups is 2. The molecule has 1 rings (SSSR count). The maximum Gasteiger partial charge on any atom is 0.316 e. The van der Waals surface area contributed by atoms with E-state index >= 15 is 0 Å². The molecule has 0 aromatic carbocycles. The first-order valence-electron chi connectivity index (χ1n) is 5.79. The molecule has 1 aromatic heterocycles. The molecule has 1 aromatic rings. The van der Waals surface area contributed by atoms with Crippen LogP contribution in [0.15, 0.2) is 18.3 Å². The molecule has 0 saturated carbocycles. The third-order valence-electron chi connectivity index (χ3n) is 2.59. The van der Waals surface area contributed by atoms with E-state index in [1.807, 2.05) is 0 Å². The van der Waals surface area contributed by atoms with E-state index < -0.39 is 23.2 Å². The van der Waals surface area contributed by atoms with E-state index in [0.29, 0.717) is 11.6 Å². The summed E-state index contributed by atoms with van der Waals surface area (Å²) in [5, 5.41) is 11.7. The highest BCUT2D eigenvalue weighted by molar-refractivity contribution is 6.04. The quantitative estimate of drug-likeness (QED) is 0.811. The van der Waals surface area contributed by atoms with Crippen LogP contribution in [0.25, 0.3) is 0 Å². The molecular weight excluding hydrogens is 248 g/mol. The Kier molecular flexibility index (Phi) is 4.47. The second-order valence-electron chi connectivity index (χ2n) is 5.22. The van der Waals surface area contributed by atoms with Crippen molar-refractivity contribution in [3.05, 3.63) is 18.3 Å². The summed E-state index contributed by atoms with van der Waals surface area (Å²) in [6, 6.07) is 3.19. The summed E-state index contributed by atoms with van der Waals surface area (Å²) in [5.41, 5.74) is -0.239. The molecule has 0 bridgehead atoms. The fourth-order valence-corrected chi connectivity index (χ4v) is 1.67. The molecule has 1 atom stereocenters. The summed E-state index contributed by atoms with van der Waals surface area (Å²) in [4.78, 5) is 27.1. The molecule has 0 spiro atoms. The topological polar surface area (TPSA) is 88.5 Å². The number of nitrogens with zero attached hydrogens (tertiary/aromatic N) is 1. The lowest BCUT2D eigenvalue weighted by molar-refractivity contribution is -0.149. The van der Waals surface area contributed by atoms with E-state index in [0.717, 1.165) is 0 Å². The number of nitrogens with one attached hydrogen (secondary N) is 1. The van der Waals surface area contributed by atoms with E-state index in [9.17, 15) is 9.59 Å². The van der Waals surface area contributed by atoms with Crippen molar-refractivity contribution in [3.8, 4) is 5.88 Å². The van der Waals surface area contributed by atoms with E-state index in [4.69, 9.17) is 9.84 Å². The molecule has 2 N–H and O–H groups in total. The highest BCUT2D eigenvalue weighted by Gasteiger charge is 2.37. The highest BCUT2D eigenvalue weighted by atomic mass is 16.5. The van der Waals surface area contributed by atoms with Gasteiger partial charge in [-0.25, -0.2) is 4.98 Å². The average Bonchev–Trinajstić information content (AvgIpc) is 2.27. The number of ether oxygens (including phenoxy) is 1. The Bertz CT molecular complexity index is 463. The van der Waals surface area contributed by atoms with Gasteiger partial charge in [0.05, 0.1) is 19.0 Å². The van der Waals surface area contributed by atoms with Crippen LogP contribution in [-0.4, -0.2) is 29.1 Å². The van der Waals surface area contributed by atoms with Crippen LogP contribution >= 0.6 is 0 Å². The van der Waals surface area contributed by atoms with Crippen molar-refractivity contribution in [2.75, 3.05) is 12.4 Å². The van der Waals surface area contributed by atoms with Gasteiger partial charge in [0.2, 0.25) is 11.8 Å². The lowest BCUT2D eigenvalue weighted by Crippen LogP contribution is -2.39. The summed E-state index contributed by atoms with van der Waals surface area (Å²) in [6.45, 7) is 5.12. The fourth-order valence-electron chi connectivity index (χ4n) is 1.67. The van der Waals surface area contributed by atoms with Crippen LogP contribution < -0.4 is 10.1 Å². The zero-order valence-corrected chi connectivity index (χ0v) is 11.4. The molecule has 0 saturated heterocycles. The van der Waals surface area contributed by atoms with Crippen LogP contribution in [-0.2, 0) is 9.59 Å². The van der Waals surface area contributed by atoms with Gasteiger partial charge >= 0.3 is 5.97 Å². The Morgan fingerprint density at radius 3 is 2.37 bits per heavy atom. The highest BCUT2D eigenvalue weighted by Crippen LogP contribution is 2.27. The van der Waals surface area contributed by atoms with Gasteiger partial charge in [-0.3, -0.25) is 9.59 Å². The fraction of sp³-hybridized carbons (Fsp3) is 0.462. The standard InChI is InChI=1S/C13H18N2O4/c1-13(2,3)10(12(17)18)11(16)15-8-5-6-9(19-4)14-7-8/h5-7,10H,1-4H3,(H,15,16)(H,17,18). The predicted octanol–water partition coefficient (Wildman–Crippen LogP) is 1.78. The first-order valence-corrected chi connectivity index (χ1v) is 5.79. The van der Waals surface area contributed by atoms with Crippen LogP contribution in [0.4, 0.5) is 5.69 Å². The van der Waals surface area contributed by atoms with Crippen molar-refractivity contribution >= 4 is 17.6 Å². The number of carboxylic acids is 1. The van der Waals surface area contributed by atoms with Crippen LogP contribution in [0.3, 0.4) is 0 Å². The Morgan fingerprint density at radius 2 is 2.00 bits per heavy atom. The monoisotopic (exact) mass is 266 g/mol. The lowest BCUT2D eigenvalue weighted by atomic mass is 9.80. The van der Waals surface area contributed by atoms with Gasteiger partial charge in [0, 0.05) is 6.07 Å². The number of carbonyl (C=O) groups excluding carboxylic acids is 1. The predicted molar refractivity (Wildman–Crippen MR) is 70.0 cm³/mol. The molecule has 0 radical (unpaired) electrons. The second-order valence-corrected chi connectivity index (χ2v) is 5.22. The number of aromatic nitrogens is 1. The number of aliphatic carboxylic acids is 1. The van der Waals surface area contributed by atoms with Crippen LogP contribution in [0.1, 0.15) is 20.8 Å². The number of pyridine rings is 1. The molecule has 1 heterocycles. The van der Waals surface area contributed by atoms with Crippen molar-refractivity contribution in [1.82, 2.24) is 4.98 Å². The zero-order chi connectivity index (χ0) is 14.6. The number of hydrogen-bond donors (Lipinski definition) is 2. The van der Waals surface area contributed by atoms with Crippen molar-refractivity contribution in [3.63, 3.8) is 0 Å². The van der Waals surface area contributed by atoms with Gasteiger partial charge in [0.25, 0.3) is 0 Å². The van der Waals surface area contributed by atoms with E-state index in [1.165, 1.54) is 13.3 Å². The molecule has 0 aliphatic rings. The minimum atomic E-state index is -1.15. The van der Waals surface area contributed by atoms with E-state index in [-0.39, 0.29) is 0 Å². The summed E-state index contributed by atoms with van der Waals surface area (Å²) in [7, 11) is 1.49. The lowest BCUT2D eigenvalue weighted by Gasteiger charge is -2.25. The Hall–Kier alpha value is -2.11. The van der Waals surface area contributed by atoms with Crippen LogP contribution in [0.2, 0.25) is 0 Å². The van der Waals surface area contributed by atoms with Gasteiger partial charge in [-0.15, -0.1) is 0 Å². The Labute approximate surface area is 111 Å². The number of methoxy groups -OCH3 is 1. The normalized spacial score (nSPS) is 12.6. The summed E-state index contributed by atoms with van der Waals surface area (Å²) < 4.78 is 4.90. The summed E-state index contributed by atoms with van der Waals surface area (Å²) >= 11 is 0. The molecule has 0 aliphatic carbocycles. The number of anilines is 1. The average molecular weight is 266 g/mol. The van der Waals surface area contributed by atoms with Gasteiger partial charge in [-0.1, -0.05) is 20.8 Å². The molecule has 1 amide bonds. The van der Waals surface area contributed by atoms with Gasteiger partial charge in [-0.05, 0) is 11.5 Å². The molecule has 6 heteroatoms. The number of rotatable bonds is 4. The number of amides is 1. The number of hydrogen-bond acceptors (Lipinski definition) is 4. The van der Waals surface area contributed by atoms with Gasteiger partial charge in [0.1, 0.15) is 5.92 Å². The van der Waals surface area contributed by atoms with Crippen molar-refractivity contribution < 1.29 is 19.4 Å². The first-order chi connectivity index (χ1) is 8.75. The molecule has 1 unspecified atom stereocenters. The third kappa shape index (κ3) is 3.94. The zero-order valence-electron chi connectivity index (χ0n) is 11.4. The summed E-state index contributed by atoms with van der Waals surface area (Å²) in [6.07, 6.45) is 1.41. The SMILES string of the molecule is COc1ccc(NC(=O)C(C(=O)O)C(C)(C)C)cn1. The van der Waals surface area contributed by atoms with Crippen LogP contribution in [0, 0.1) is 11.3 Å². The maximum absolute atomic E-state index is 12.0. The minimum Gasteiger partial charge on any atom is -0.481 e. The first kappa shape index (κ1) is 14.9. The number of carboxylic acid groups (broad SMARTS) is 1. The second kappa shape index (κ2) is 5.69. The molecule has 0 aliphatic heterocycles. The largest absolute Gasteiger partial charge is 0.481 e. The molecular formula is C13H18N2O4. The summed E-state index contributed by atoms with van der Waals surface area (Å²) in [5.74, 6) is -2.42. The smallest absolute Gasteiger partial charge is 0.316 e. The van der Waals surface area contributed by atoms with Gasteiger partial charge in [0.15, 0.2) is 0 Å². The van der Waals surface area contributed by atoms with Gasteiger partial charge < -0.3 is 15.2 Å². The molecule has 104 valence electrons. The van der Waals surface area contributed by atoms with Crippen molar-refractivity contribution in [2.24, 2.45) is 11.3 Å². The molecule has 19 heavy (non-hydrogen) atoms. The van der Waals surface area contributed by atoms with Crippen molar-refractivity contribution in [2.45, 2.75) is 20.8 Å². The maximum atomic E-state index is 12.0. The van der Waals surface area contributed by atoms with E-state index in [1.54, 1.807) is 32.9 Å². The Balaban J connectivity index is 2.84.